The van der Waals surface area contributed by atoms with Crippen LogP contribution in [0.2, 0.25) is 0 Å². The minimum Gasteiger partial charge on any atom is -0.380 e. The van der Waals surface area contributed by atoms with Crippen LogP contribution >= 0.6 is 0 Å². The fourth-order valence-electron chi connectivity index (χ4n) is 4.27. The fraction of sp³-hybridized carbons (Fsp3) is 0.700. The second kappa shape index (κ2) is 8.77. The molecule has 3 rings (SSSR count). The van der Waals surface area contributed by atoms with E-state index in [4.69, 9.17) is 4.74 Å². The van der Waals surface area contributed by atoms with E-state index in [-0.39, 0.29) is 5.41 Å². The van der Waals surface area contributed by atoms with Crippen molar-refractivity contribution in [2.75, 3.05) is 45.9 Å². The molecule has 3 heterocycles. The van der Waals surface area contributed by atoms with Gasteiger partial charge in [-0.1, -0.05) is 6.07 Å². The third-order valence-corrected chi connectivity index (χ3v) is 5.61. The molecule has 0 unspecified atom stereocenters. The predicted octanol–water partition coefficient (Wildman–Crippen LogP) is 2.37. The molecule has 1 aromatic rings. The van der Waals surface area contributed by atoms with Crippen LogP contribution in [0.3, 0.4) is 0 Å². The number of aromatic nitrogens is 1. The largest absolute Gasteiger partial charge is 0.380 e. The smallest absolute Gasteiger partial charge is 0.222 e. The van der Waals surface area contributed by atoms with Gasteiger partial charge in [0.05, 0.1) is 6.61 Å². The summed E-state index contributed by atoms with van der Waals surface area (Å²) in [5.41, 5.74) is 1.35. The zero-order valence-corrected chi connectivity index (χ0v) is 15.5. The molecule has 138 valence electrons. The first-order valence-corrected chi connectivity index (χ1v) is 9.69. The maximum atomic E-state index is 12.4. The first kappa shape index (κ1) is 18.3. The van der Waals surface area contributed by atoms with Gasteiger partial charge in [-0.25, -0.2) is 0 Å². The van der Waals surface area contributed by atoms with Crippen LogP contribution in [-0.2, 0) is 16.0 Å². The van der Waals surface area contributed by atoms with Gasteiger partial charge in [0, 0.05) is 62.9 Å². The summed E-state index contributed by atoms with van der Waals surface area (Å²) in [4.78, 5) is 21.4. The molecule has 5 heteroatoms. The Balaban J connectivity index is 1.56. The zero-order chi connectivity index (χ0) is 17.5. The van der Waals surface area contributed by atoms with Gasteiger partial charge in [0.15, 0.2) is 0 Å². The minimum absolute atomic E-state index is 0.280. The molecule has 0 N–H and O–H groups in total. The molecular formula is C20H31N3O2. The normalized spacial score (nSPS) is 24.8. The molecule has 0 bridgehead atoms. The van der Waals surface area contributed by atoms with Crippen LogP contribution in [-0.4, -0.2) is 66.6 Å². The molecule has 0 aromatic carbocycles. The molecule has 2 aliphatic rings. The Hall–Kier alpha value is -1.46. The monoisotopic (exact) mass is 345 g/mol. The Kier molecular flexibility index (Phi) is 6.43. The third-order valence-electron chi connectivity index (χ3n) is 5.61. The topological polar surface area (TPSA) is 45.7 Å². The van der Waals surface area contributed by atoms with E-state index < -0.39 is 0 Å². The van der Waals surface area contributed by atoms with E-state index in [9.17, 15) is 4.79 Å². The minimum atomic E-state index is 0.280. The number of hydrogen-bond acceptors (Lipinski definition) is 4. The van der Waals surface area contributed by atoms with Gasteiger partial charge in [-0.2, -0.15) is 0 Å². The van der Waals surface area contributed by atoms with E-state index in [2.05, 4.69) is 14.8 Å². The molecule has 5 nitrogen and oxygen atoms in total. The highest BCUT2D eigenvalue weighted by Crippen LogP contribution is 2.38. The average Bonchev–Trinajstić information content (AvgIpc) is 2.64. The summed E-state index contributed by atoms with van der Waals surface area (Å²) in [6, 6.07) is 5.99. The van der Waals surface area contributed by atoms with Crippen LogP contribution in [0.25, 0.3) is 0 Å². The molecule has 2 aliphatic heterocycles. The number of piperidine rings is 2. The molecule has 2 saturated heterocycles. The van der Waals surface area contributed by atoms with Crippen LogP contribution in [0.5, 0.6) is 0 Å². The predicted molar refractivity (Wildman–Crippen MR) is 98.4 cm³/mol. The van der Waals surface area contributed by atoms with Crippen molar-refractivity contribution in [3.8, 4) is 0 Å². The van der Waals surface area contributed by atoms with Crippen molar-refractivity contribution in [1.29, 1.82) is 0 Å². The second-order valence-electron chi connectivity index (χ2n) is 7.46. The molecule has 0 radical (unpaired) electrons. The van der Waals surface area contributed by atoms with Crippen LogP contribution < -0.4 is 0 Å². The van der Waals surface area contributed by atoms with Gasteiger partial charge in [0.2, 0.25) is 5.91 Å². The van der Waals surface area contributed by atoms with Crippen LogP contribution in [0, 0.1) is 5.41 Å². The Morgan fingerprint density at radius 3 is 2.96 bits per heavy atom. The number of pyridine rings is 1. The lowest BCUT2D eigenvalue weighted by atomic mass is 9.73. The number of carbonyl (C=O) groups excluding carboxylic acids is 1. The lowest BCUT2D eigenvalue weighted by molar-refractivity contribution is -0.139. The summed E-state index contributed by atoms with van der Waals surface area (Å²) in [5, 5.41) is 0. The molecule has 1 spiro atoms. The Morgan fingerprint density at radius 2 is 2.16 bits per heavy atom. The summed E-state index contributed by atoms with van der Waals surface area (Å²) < 4.78 is 5.52. The number of ether oxygens (including phenoxy) is 1. The molecule has 1 atom stereocenters. The van der Waals surface area contributed by atoms with Gasteiger partial charge in [-0.15, -0.1) is 0 Å². The number of amides is 1. The average molecular weight is 345 g/mol. The zero-order valence-electron chi connectivity index (χ0n) is 15.5. The Bertz CT molecular complexity index is 551. The lowest BCUT2D eigenvalue weighted by Crippen LogP contribution is -2.54. The van der Waals surface area contributed by atoms with Crippen molar-refractivity contribution in [2.24, 2.45) is 5.41 Å². The van der Waals surface area contributed by atoms with Crippen molar-refractivity contribution >= 4 is 5.91 Å². The van der Waals surface area contributed by atoms with E-state index in [0.29, 0.717) is 12.3 Å². The van der Waals surface area contributed by atoms with E-state index in [1.165, 1.54) is 12.8 Å². The Morgan fingerprint density at radius 1 is 1.24 bits per heavy atom. The van der Waals surface area contributed by atoms with Gasteiger partial charge in [0.25, 0.3) is 0 Å². The maximum Gasteiger partial charge on any atom is 0.222 e. The number of carbonyl (C=O) groups is 1. The van der Waals surface area contributed by atoms with Gasteiger partial charge >= 0.3 is 0 Å². The van der Waals surface area contributed by atoms with Crippen molar-refractivity contribution in [3.63, 3.8) is 0 Å². The van der Waals surface area contributed by atoms with Gasteiger partial charge in [-0.3, -0.25) is 9.78 Å². The second-order valence-corrected chi connectivity index (χ2v) is 7.46. The number of hydrogen-bond donors (Lipinski definition) is 0. The number of nitrogens with zero attached hydrogens (tertiary/aromatic N) is 3. The van der Waals surface area contributed by atoms with Crippen molar-refractivity contribution in [3.05, 3.63) is 30.1 Å². The molecular weight excluding hydrogens is 314 g/mol. The van der Waals surface area contributed by atoms with Crippen molar-refractivity contribution in [1.82, 2.24) is 14.8 Å². The molecule has 1 aromatic heterocycles. The highest BCUT2D eigenvalue weighted by atomic mass is 16.5. The van der Waals surface area contributed by atoms with Crippen LogP contribution in [0.1, 0.15) is 38.3 Å². The number of rotatable bonds is 7. The van der Waals surface area contributed by atoms with Crippen molar-refractivity contribution < 1.29 is 9.53 Å². The summed E-state index contributed by atoms with van der Waals surface area (Å²) in [5.74, 6) is 0.313. The lowest BCUT2D eigenvalue weighted by Gasteiger charge is -2.48. The van der Waals surface area contributed by atoms with Crippen LogP contribution in [0.4, 0.5) is 0 Å². The standard InChI is InChI=1S/C20H31N3O2/c1-2-25-15-14-22-12-5-9-20(16-22)10-7-19(24)23(17-20)13-8-18-6-3-4-11-21-18/h3-4,6,11H,2,5,7-10,12-17H2,1H3/t20-/m1/s1. The molecule has 1 amide bonds. The van der Waals surface area contributed by atoms with Gasteiger partial charge < -0.3 is 14.5 Å². The SMILES string of the molecule is CCOCCN1CCC[C@@]2(CCC(=O)N(CCc3ccccn3)C2)C1. The van der Waals surface area contributed by atoms with Gasteiger partial charge in [0.1, 0.15) is 0 Å². The summed E-state index contributed by atoms with van der Waals surface area (Å²) in [6.45, 7) is 8.62. The van der Waals surface area contributed by atoms with E-state index in [1.807, 2.05) is 31.3 Å². The first-order valence-electron chi connectivity index (χ1n) is 9.69. The molecule has 25 heavy (non-hydrogen) atoms. The first-order chi connectivity index (χ1) is 12.2. The highest BCUT2D eigenvalue weighted by Gasteiger charge is 2.41. The number of likely N-dealkylation sites (tertiary alicyclic amines) is 2. The summed E-state index contributed by atoms with van der Waals surface area (Å²) in [7, 11) is 0. The van der Waals surface area contributed by atoms with Crippen molar-refractivity contribution in [2.45, 2.75) is 39.0 Å². The fourth-order valence-corrected chi connectivity index (χ4v) is 4.27. The molecule has 0 aliphatic carbocycles. The highest BCUT2D eigenvalue weighted by molar-refractivity contribution is 5.77. The third kappa shape index (κ3) is 5.02. The quantitative estimate of drug-likeness (QED) is 0.712. The van der Waals surface area contributed by atoms with E-state index in [0.717, 1.165) is 64.5 Å². The Labute approximate surface area is 151 Å². The maximum absolute atomic E-state index is 12.4. The van der Waals surface area contributed by atoms with Crippen LogP contribution in [0.15, 0.2) is 24.4 Å². The summed E-state index contributed by atoms with van der Waals surface area (Å²) in [6.07, 6.45) is 6.88. The molecule has 2 fully saturated rings. The van der Waals surface area contributed by atoms with E-state index >= 15 is 0 Å². The van der Waals surface area contributed by atoms with E-state index in [1.54, 1.807) is 0 Å². The molecule has 0 saturated carbocycles. The van der Waals surface area contributed by atoms with Gasteiger partial charge in [-0.05, 0) is 44.9 Å². The summed E-state index contributed by atoms with van der Waals surface area (Å²) >= 11 is 0.